The molecule has 2 aromatic carbocycles. The first-order valence-corrected chi connectivity index (χ1v) is 7.82. The van der Waals surface area contributed by atoms with Crippen LogP contribution < -0.4 is 0 Å². The topological polar surface area (TPSA) is 54.4 Å². The van der Waals surface area contributed by atoms with E-state index in [1.807, 2.05) is 36.4 Å². The summed E-state index contributed by atoms with van der Waals surface area (Å²) in [5.74, 6) is -1.15. The number of alkyl halides is 1. The van der Waals surface area contributed by atoms with Gasteiger partial charge in [0.2, 0.25) is 0 Å². The summed E-state index contributed by atoms with van der Waals surface area (Å²) in [6, 6.07) is 15.0. The van der Waals surface area contributed by atoms with Gasteiger partial charge in [0.1, 0.15) is 0 Å². The van der Waals surface area contributed by atoms with Crippen molar-refractivity contribution in [1.82, 2.24) is 0 Å². The average Bonchev–Trinajstić information content (AvgIpc) is 2.47. The molecule has 0 fully saturated rings. The van der Waals surface area contributed by atoms with E-state index >= 15 is 0 Å². The Bertz CT molecular complexity index is 711. The molecule has 0 radical (unpaired) electrons. The maximum atomic E-state index is 11.5. The van der Waals surface area contributed by atoms with Crippen molar-refractivity contribution in [1.29, 1.82) is 0 Å². The number of carboxylic acid groups (broad SMARTS) is 1. The van der Waals surface area contributed by atoms with Crippen molar-refractivity contribution in [3.63, 3.8) is 0 Å². The molecule has 0 saturated heterocycles. The van der Waals surface area contributed by atoms with Crippen molar-refractivity contribution < 1.29 is 14.7 Å². The molecule has 0 aromatic heterocycles. The summed E-state index contributed by atoms with van der Waals surface area (Å²) in [6.07, 6.45) is 0. The lowest BCUT2D eigenvalue weighted by Crippen LogP contribution is -2.26. The number of rotatable bonds is 4. The number of carbonyl (C=O) groups is 2. The van der Waals surface area contributed by atoms with E-state index < -0.39 is 10.8 Å². The molecular formula is C17H15ClO3S. The Kier molecular flexibility index (Phi) is 4.94. The number of aliphatic carboxylic acids is 1. The predicted octanol–water partition coefficient (Wildman–Crippen LogP) is 4.53. The van der Waals surface area contributed by atoms with Gasteiger partial charge >= 0.3 is 5.97 Å². The van der Waals surface area contributed by atoms with Gasteiger partial charge in [-0.1, -0.05) is 54.2 Å². The predicted molar refractivity (Wildman–Crippen MR) is 89.3 cm³/mol. The molecule has 2 aromatic rings. The highest BCUT2D eigenvalue weighted by molar-refractivity contribution is 8.13. The lowest BCUT2D eigenvalue weighted by molar-refractivity contribution is -0.140. The summed E-state index contributed by atoms with van der Waals surface area (Å²) in [4.78, 5) is 21.9. The Morgan fingerprint density at radius 2 is 1.73 bits per heavy atom. The number of benzene rings is 2. The molecule has 0 saturated carbocycles. The van der Waals surface area contributed by atoms with Crippen LogP contribution >= 0.6 is 23.4 Å². The van der Waals surface area contributed by atoms with Crippen LogP contribution in [-0.4, -0.2) is 16.2 Å². The fourth-order valence-corrected chi connectivity index (χ4v) is 3.17. The molecule has 114 valence electrons. The van der Waals surface area contributed by atoms with Gasteiger partial charge in [0, 0.05) is 11.8 Å². The van der Waals surface area contributed by atoms with Crippen molar-refractivity contribution in [2.75, 3.05) is 0 Å². The van der Waals surface area contributed by atoms with Crippen LogP contribution in [0.25, 0.3) is 11.1 Å². The second-order valence-corrected chi connectivity index (χ2v) is 6.95. The standard InChI is InChI=1S/C17H15ClO3S/c1-11(19)22-15-10-13(12-6-4-3-5-7-12)8-9-14(15)17(2,18)16(20)21/h3-10H,1-2H3,(H,20,21). The molecule has 0 heterocycles. The summed E-state index contributed by atoms with van der Waals surface area (Å²) in [5, 5.41) is 9.19. The smallest absolute Gasteiger partial charge is 0.329 e. The molecule has 1 atom stereocenters. The van der Waals surface area contributed by atoms with Crippen LogP contribution in [0.3, 0.4) is 0 Å². The molecule has 0 bridgehead atoms. The molecule has 3 nitrogen and oxygen atoms in total. The summed E-state index contributed by atoms with van der Waals surface area (Å²) in [7, 11) is 0. The highest BCUT2D eigenvalue weighted by atomic mass is 35.5. The van der Waals surface area contributed by atoms with Crippen molar-refractivity contribution in [3.8, 4) is 11.1 Å². The number of thioether (sulfide) groups is 1. The largest absolute Gasteiger partial charge is 0.480 e. The van der Waals surface area contributed by atoms with E-state index in [1.165, 1.54) is 13.8 Å². The van der Waals surface area contributed by atoms with Gasteiger partial charge in [0.15, 0.2) is 9.99 Å². The zero-order valence-electron chi connectivity index (χ0n) is 12.2. The number of halogens is 1. The minimum Gasteiger partial charge on any atom is -0.480 e. The van der Waals surface area contributed by atoms with Crippen LogP contribution in [0.2, 0.25) is 0 Å². The van der Waals surface area contributed by atoms with E-state index in [1.54, 1.807) is 12.1 Å². The van der Waals surface area contributed by atoms with E-state index in [0.29, 0.717) is 10.5 Å². The minimum atomic E-state index is -1.58. The molecule has 0 amide bonds. The van der Waals surface area contributed by atoms with Gasteiger partial charge in [-0.25, -0.2) is 4.79 Å². The third kappa shape index (κ3) is 3.51. The fourth-order valence-electron chi connectivity index (χ4n) is 2.07. The fraction of sp³-hybridized carbons (Fsp3) is 0.176. The van der Waals surface area contributed by atoms with Gasteiger partial charge in [-0.05, 0) is 29.7 Å². The van der Waals surface area contributed by atoms with Crippen LogP contribution in [0.1, 0.15) is 19.4 Å². The van der Waals surface area contributed by atoms with Crippen LogP contribution in [0.4, 0.5) is 0 Å². The number of hydrogen-bond donors (Lipinski definition) is 1. The van der Waals surface area contributed by atoms with E-state index in [0.717, 1.165) is 22.9 Å². The highest BCUT2D eigenvalue weighted by Crippen LogP contribution is 2.38. The lowest BCUT2D eigenvalue weighted by Gasteiger charge is -2.21. The number of carbonyl (C=O) groups excluding carboxylic acids is 1. The van der Waals surface area contributed by atoms with Gasteiger partial charge in [-0.3, -0.25) is 4.79 Å². The normalized spacial score (nSPS) is 13.4. The summed E-state index contributed by atoms with van der Waals surface area (Å²) < 4.78 is 0. The maximum absolute atomic E-state index is 11.5. The van der Waals surface area contributed by atoms with E-state index in [4.69, 9.17) is 11.6 Å². The Morgan fingerprint density at radius 3 is 2.27 bits per heavy atom. The molecule has 0 aliphatic rings. The first kappa shape index (κ1) is 16.6. The van der Waals surface area contributed by atoms with E-state index in [-0.39, 0.29) is 5.12 Å². The molecular weight excluding hydrogens is 320 g/mol. The van der Waals surface area contributed by atoms with Crippen molar-refractivity contribution in [2.45, 2.75) is 23.6 Å². The Balaban J connectivity index is 2.57. The van der Waals surface area contributed by atoms with Gasteiger partial charge in [0.25, 0.3) is 0 Å². The Morgan fingerprint density at radius 1 is 1.09 bits per heavy atom. The Hall–Kier alpha value is -1.78. The van der Waals surface area contributed by atoms with Crippen LogP contribution in [0.5, 0.6) is 0 Å². The summed E-state index contributed by atoms with van der Waals surface area (Å²) in [5.41, 5.74) is 2.32. The quantitative estimate of drug-likeness (QED) is 0.659. The molecule has 0 aliphatic carbocycles. The van der Waals surface area contributed by atoms with Crippen molar-refractivity contribution >= 4 is 34.4 Å². The van der Waals surface area contributed by atoms with Gasteiger partial charge in [0.05, 0.1) is 0 Å². The number of carboxylic acids is 1. The van der Waals surface area contributed by atoms with Gasteiger partial charge in [-0.15, -0.1) is 11.6 Å². The summed E-state index contributed by atoms with van der Waals surface area (Å²) in [6.45, 7) is 2.86. The molecule has 22 heavy (non-hydrogen) atoms. The highest BCUT2D eigenvalue weighted by Gasteiger charge is 2.35. The third-order valence-electron chi connectivity index (χ3n) is 3.25. The SMILES string of the molecule is CC(=O)Sc1cc(-c2ccccc2)ccc1C(C)(Cl)C(=O)O. The second-order valence-electron chi connectivity index (χ2n) is 4.98. The number of hydrogen-bond acceptors (Lipinski definition) is 3. The maximum Gasteiger partial charge on any atom is 0.329 e. The average molecular weight is 335 g/mol. The zero-order valence-corrected chi connectivity index (χ0v) is 13.7. The summed E-state index contributed by atoms with van der Waals surface area (Å²) >= 11 is 7.15. The molecule has 1 unspecified atom stereocenters. The zero-order chi connectivity index (χ0) is 16.3. The molecule has 2 rings (SSSR count). The van der Waals surface area contributed by atoms with Crippen molar-refractivity contribution in [2.24, 2.45) is 0 Å². The first-order chi connectivity index (χ1) is 10.3. The van der Waals surface area contributed by atoms with Crippen LogP contribution in [0.15, 0.2) is 53.4 Å². The second kappa shape index (κ2) is 6.55. The van der Waals surface area contributed by atoms with Crippen LogP contribution in [-0.2, 0) is 14.5 Å². The molecule has 5 heteroatoms. The molecule has 1 N–H and O–H groups in total. The Labute approximate surface area is 138 Å². The van der Waals surface area contributed by atoms with E-state index in [9.17, 15) is 14.7 Å². The lowest BCUT2D eigenvalue weighted by atomic mass is 9.96. The monoisotopic (exact) mass is 334 g/mol. The minimum absolute atomic E-state index is 0.121. The van der Waals surface area contributed by atoms with Gasteiger partial charge < -0.3 is 5.11 Å². The third-order valence-corrected chi connectivity index (χ3v) is 4.46. The first-order valence-electron chi connectivity index (χ1n) is 6.63. The van der Waals surface area contributed by atoms with Gasteiger partial charge in [-0.2, -0.15) is 0 Å². The van der Waals surface area contributed by atoms with E-state index in [2.05, 4.69) is 0 Å². The molecule has 0 spiro atoms. The molecule has 0 aliphatic heterocycles. The van der Waals surface area contributed by atoms with Crippen LogP contribution in [0, 0.1) is 0 Å². The van der Waals surface area contributed by atoms with Crippen molar-refractivity contribution in [3.05, 3.63) is 54.1 Å².